The highest BCUT2D eigenvalue weighted by molar-refractivity contribution is 5.97. The third-order valence-electron chi connectivity index (χ3n) is 5.19. The highest BCUT2D eigenvalue weighted by Gasteiger charge is 2.31. The zero-order chi connectivity index (χ0) is 16.9. The summed E-state index contributed by atoms with van der Waals surface area (Å²) in [7, 11) is 1.89. The number of hydrogen-bond acceptors (Lipinski definition) is 4. The van der Waals surface area contributed by atoms with E-state index >= 15 is 0 Å². The summed E-state index contributed by atoms with van der Waals surface area (Å²) in [6.45, 7) is 4.92. The number of ether oxygens (including phenoxy) is 1. The van der Waals surface area contributed by atoms with Crippen molar-refractivity contribution in [2.45, 2.75) is 51.6 Å². The van der Waals surface area contributed by atoms with E-state index in [0.717, 1.165) is 50.3 Å². The molecule has 2 unspecified atom stereocenters. The van der Waals surface area contributed by atoms with E-state index in [1.54, 1.807) is 0 Å². The van der Waals surface area contributed by atoms with Gasteiger partial charge in [-0.25, -0.2) is 4.98 Å². The van der Waals surface area contributed by atoms with Crippen LogP contribution in [0.5, 0.6) is 0 Å². The van der Waals surface area contributed by atoms with Gasteiger partial charge in [-0.1, -0.05) is 13.3 Å². The average Bonchev–Trinajstić information content (AvgIpc) is 3.15. The van der Waals surface area contributed by atoms with E-state index in [-0.39, 0.29) is 17.9 Å². The lowest BCUT2D eigenvalue weighted by Gasteiger charge is -2.32. The molecule has 0 bridgehead atoms. The van der Waals surface area contributed by atoms with Gasteiger partial charge < -0.3 is 14.5 Å². The zero-order valence-corrected chi connectivity index (χ0v) is 14.9. The van der Waals surface area contributed by atoms with Gasteiger partial charge in [-0.15, -0.1) is 0 Å². The topological polar surface area (TPSA) is 45.7 Å². The fourth-order valence-corrected chi connectivity index (χ4v) is 3.84. The Morgan fingerprint density at radius 1 is 1.42 bits per heavy atom. The predicted octanol–water partition coefficient (Wildman–Crippen LogP) is 3.24. The molecule has 0 saturated carbocycles. The Morgan fingerprint density at radius 2 is 2.21 bits per heavy atom. The van der Waals surface area contributed by atoms with Gasteiger partial charge in [0.1, 0.15) is 0 Å². The first-order chi connectivity index (χ1) is 11.7. The summed E-state index contributed by atoms with van der Waals surface area (Å²) in [5.41, 5.74) is 0.933. The van der Waals surface area contributed by atoms with E-state index < -0.39 is 0 Å². The first kappa shape index (κ1) is 17.2. The number of hydrogen-bond donors (Lipinski definition) is 0. The van der Waals surface area contributed by atoms with Crippen LogP contribution in [0, 0.1) is 5.92 Å². The standard InChI is InChI=1S/C19H29N3O2/c1-3-7-16-14-15(9-13-24-16)19(23)21(2)17-8-6-10-20-18(17)22-11-4-5-12-22/h6,8,10,15-16H,3-5,7,9,11-14H2,1-2H3. The van der Waals surface area contributed by atoms with Gasteiger partial charge in [-0.2, -0.15) is 0 Å². The molecule has 5 nitrogen and oxygen atoms in total. The Balaban J connectivity index is 1.73. The monoisotopic (exact) mass is 331 g/mol. The van der Waals surface area contributed by atoms with Gasteiger partial charge in [0.2, 0.25) is 5.91 Å². The van der Waals surface area contributed by atoms with Crippen LogP contribution in [0.2, 0.25) is 0 Å². The molecule has 0 radical (unpaired) electrons. The molecule has 1 amide bonds. The third-order valence-corrected chi connectivity index (χ3v) is 5.19. The number of rotatable bonds is 5. The molecule has 24 heavy (non-hydrogen) atoms. The summed E-state index contributed by atoms with van der Waals surface area (Å²) in [5, 5.41) is 0. The smallest absolute Gasteiger partial charge is 0.230 e. The van der Waals surface area contributed by atoms with Crippen molar-refractivity contribution in [1.82, 2.24) is 4.98 Å². The molecule has 2 aliphatic rings. The van der Waals surface area contributed by atoms with E-state index in [1.807, 2.05) is 30.3 Å². The van der Waals surface area contributed by atoms with Crippen LogP contribution in [-0.4, -0.2) is 43.7 Å². The van der Waals surface area contributed by atoms with Crippen LogP contribution in [0.1, 0.15) is 45.4 Å². The Hall–Kier alpha value is -1.62. The normalized spacial score (nSPS) is 24.2. The van der Waals surface area contributed by atoms with Crippen LogP contribution in [-0.2, 0) is 9.53 Å². The predicted molar refractivity (Wildman–Crippen MR) is 96.5 cm³/mol. The van der Waals surface area contributed by atoms with E-state index in [1.165, 1.54) is 12.8 Å². The minimum absolute atomic E-state index is 0.0620. The molecule has 0 N–H and O–H groups in total. The SMILES string of the molecule is CCCC1CC(C(=O)N(C)c2cccnc2N2CCCC2)CCO1. The van der Waals surface area contributed by atoms with Crippen molar-refractivity contribution in [1.29, 1.82) is 0 Å². The van der Waals surface area contributed by atoms with Crippen molar-refractivity contribution in [3.8, 4) is 0 Å². The number of carbonyl (C=O) groups is 1. The van der Waals surface area contributed by atoms with Gasteiger partial charge >= 0.3 is 0 Å². The molecular formula is C19H29N3O2. The number of carbonyl (C=O) groups excluding carboxylic acids is 1. The van der Waals surface area contributed by atoms with Crippen LogP contribution in [0.3, 0.4) is 0 Å². The highest BCUT2D eigenvalue weighted by Crippen LogP contribution is 2.32. The number of nitrogens with zero attached hydrogens (tertiary/aromatic N) is 3. The molecule has 2 saturated heterocycles. The van der Waals surface area contributed by atoms with Gasteiger partial charge in [0.25, 0.3) is 0 Å². The van der Waals surface area contributed by atoms with E-state index in [2.05, 4.69) is 16.8 Å². The first-order valence-corrected chi connectivity index (χ1v) is 9.29. The Labute approximate surface area is 145 Å². The van der Waals surface area contributed by atoms with E-state index in [9.17, 15) is 4.79 Å². The summed E-state index contributed by atoms with van der Waals surface area (Å²) in [6, 6.07) is 3.93. The summed E-state index contributed by atoms with van der Waals surface area (Å²) in [5.74, 6) is 1.21. The molecule has 3 rings (SSSR count). The molecule has 0 spiro atoms. The minimum atomic E-state index is 0.0620. The molecule has 2 aliphatic heterocycles. The van der Waals surface area contributed by atoms with E-state index in [0.29, 0.717) is 6.61 Å². The van der Waals surface area contributed by atoms with Crippen molar-refractivity contribution >= 4 is 17.4 Å². The molecule has 0 aliphatic carbocycles. The van der Waals surface area contributed by atoms with Crippen molar-refractivity contribution in [3.05, 3.63) is 18.3 Å². The zero-order valence-electron chi connectivity index (χ0n) is 14.9. The summed E-state index contributed by atoms with van der Waals surface area (Å²) in [6.07, 6.45) is 8.26. The molecule has 3 heterocycles. The van der Waals surface area contributed by atoms with Crippen LogP contribution in [0.25, 0.3) is 0 Å². The van der Waals surface area contributed by atoms with Crippen molar-refractivity contribution < 1.29 is 9.53 Å². The summed E-state index contributed by atoms with van der Waals surface area (Å²) < 4.78 is 5.80. The van der Waals surface area contributed by atoms with Crippen LogP contribution in [0.4, 0.5) is 11.5 Å². The largest absolute Gasteiger partial charge is 0.378 e. The Morgan fingerprint density at radius 3 is 2.96 bits per heavy atom. The van der Waals surface area contributed by atoms with Gasteiger partial charge in [-0.3, -0.25) is 4.79 Å². The fraction of sp³-hybridized carbons (Fsp3) is 0.684. The fourth-order valence-electron chi connectivity index (χ4n) is 3.84. The van der Waals surface area contributed by atoms with Gasteiger partial charge in [0, 0.05) is 38.9 Å². The Bertz CT molecular complexity index is 555. The van der Waals surface area contributed by atoms with Gasteiger partial charge in [0.15, 0.2) is 5.82 Å². The van der Waals surface area contributed by atoms with Crippen molar-refractivity contribution in [2.75, 3.05) is 36.5 Å². The number of aromatic nitrogens is 1. The maximum Gasteiger partial charge on any atom is 0.230 e. The molecule has 2 atom stereocenters. The summed E-state index contributed by atoms with van der Waals surface area (Å²) in [4.78, 5) is 21.7. The quantitative estimate of drug-likeness (QED) is 0.831. The lowest BCUT2D eigenvalue weighted by Crippen LogP contribution is -2.39. The van der Waals surface area contributed by atoms with Crippen LogP contribution < -0.4 is 9.80 Å². The van der Waals surface area contributed by atoms with Crippen molar-refractivity contribution in [3.63, 3.8) is 0 Å². The molecule has 0 aromatic carbocycles. The number of amides is 1. The number of pyridine rings is 1. The molecule has 1 aromatic rings. The third kappa shape index (κ3) is 3.72. The van der Waals surface area contributed by atoms with Crippen molar-refractivity contribution in [2.24, 2.45) is 5.92 Å². The van der Waals surface area contributed by atoms with Gasteiger partial charge in [0.05, 0.1) is 11.8 Å². The molecule has 2 fully saturated rings. The molecule has 5 heteroatoms. The lowest BCUT2D eigenvalue weighted by molar-refractivity contribution is -0.127. The highest BCUT2D eigenvalue weighted by atomic mass is 16.5. The second kappa shape index (κ2) is 7.97. The van der Waals surface area contributed by atoms with E-state index in [4.69, 9.17) is 4.74 Å². The Kier molecular flexibility index (Phi) is 5.72. The molecular weight excluding hydrogens is 302 g/mol. The second-order valence-corrected chi connectivity index (χ2v) is 6.94. The number of anilines is 2. The molecule has 132 valence electrons. The van der Waals surface area contributed by atoms with Crippen LogP contribution >= 0.6 is 0 Å². The lowest BCUT2D eigenvalue weighted by atomic mass is 9.92. The maximum atomic E-state index is 13.0. The first-order valence-electron chi connectivity index (χ1n) is 9.29. The maximum absolute atomic E-state index is 13.0. The van der Waals surface area contributed by atoms with Gasteiger partial charge in [-0.05, 0) is 44.2 Å². The molecule has 1 aromatic heterocycles. The minimum Gasteiger partial charge on any atom is -0.378 e. The van der Waals surface area contributed by atoms with Crippen LogP contribution in [0.15, 0.2) is 18.3 Å². The average molecular weight is 331 g/mol. The summed E-state index contributed by atoms with van der Waals surface area (Å²) >= 11 is 0. The second-order valence-electron chi connectivity index (χ2n) is 6.94.